The minimum absolute atomic E-state index is 0.00975. The number of nitrogens with one attached hydrogen (secondary N) is 1. The second-order valence-corrected chi connectivity index (χ2v) is 12.1. The largest absolute Gasteiger partial charge is 0.332 e. The van der Waals surface area contributed by atoms with Crippen LogP contribution in [0.2, 0.25) is 0 Å². The van der Waals surface area contributed by atoms with Gasteiger partial charge in [0.2, 0.25) is 10.0 Å². The third-order valence-electron chi connectivity index (χ3n) is 6.12. The minimum Gasteiger partial charge on any atom is -0.289 e. The van der Waals surface area contributed by atoms with E-state index in [0.717, 1.165) is 27.3 Å². The number of thiazole rings is 1. The van der Waals surface area contributed by atoms with Crippen molar-refractivity contribution in [2.24, 2.45) is 0 Å². The average molecular weight is 515 g/mol. The quantitative estimate of drug-likeness (QED) is 0.409. The van der Waals surface area contributed by atoms with Crippen LogP contribution in [0.1, 0.15) is 35.2 Å². The molecule has 0 spiro atoms. The summed E-state index contributed by atoms with van der Waals surface area (Å²) in [7, 11) is -3.85. The smallest absolute Gasteiger partial charge is 0.289 e. The number of rotatable bonds is 7. The van der Waals surface area contributed by atoms with Crippen LogP contribution in [0.15, 0.2) is 63.1 Å². The monoisotopic (exact) mass is 514 g/mol. The number of aromatic nitrogens is 3. The van der Waals surface area contributed by atoms with Gasteiger partial charge in [-0.25, -0.2) is 27.3 Å². The van der Waals surface area contributed by atoms with E-state index in [2.05, 4.69) is 9.71 Å². The van der Waals surface area contributed by atoms with Crippen molar-refractivity contribution in [3.8, 4) is 0 Å². The van der Waals surface area contributed by atoms with E-state index in [1.165, 1.54) is 46.2 Å². The zero-order valence-corrected chi connectivity index (χ0v) is 20.7. The van der Waals surface area contributed by atoms with Crippen LogP contribution in [-0.4, -0.2) is 28.1 Å². The van der Waals surface area contributed by atoms with Crippen LogP contribution in [0.25, 0.3) is 10.9 Å². The lowest BCUT2D eigenvalue weighted by atomic mass is 10.2. The first-order chi connectivity index (χ1) is 16.5. The van der Waals surface area contributed by atoms with Gasteiger partial charge in [-0.1, -0.05) is 12.1 Å². The third-order valence-corrected chi connectivity index (χ3v) is 8.66. The molecule has 0 saturated heterocycles. The Hall–Kier alpha value is -3.15. The van der Waals surface area contributed by atoms with Gasteiger partial charge in [0.15, 0.2) is 0 Å². The van der Waals surface area contributed by atoms with Gasteiger partial charge < -0.3 is 0 Å². The molecule has 1 saturated carbocycles. The number of aryl methyl sites for hydroxylation is 1. The minimum atomic E-state index is -3.85. The molecule has 1 aliphatic carbocycles. The average Bonchev–Trinajstić information content (AvgIpc) is 3.38. The van der Waals surface area contributed by atoms with Crippen LogP contribution >= 0.6 is 11.3 Å². The Labute approximate surface area is 204 Å². The van der Waals surface area contributed by atoms with E-state index >= 15 is 0 Å². The van der Waals surface area contributed by atoms with E-state index in [4.69, 9.17) is 0 Å². The molecule has 1 aliphatic rings. The highest BCUT2D eigenvalue weighted by atomic mass is 32.2. The van der Waals surface area contributed by atoms with E-state index in [0.29, 0.717) is 11.1 Å². The number of sulfonamides is 1. The van der Waals surface area contributed by atoms with Crippen molar-refractivity contribution in [1.82, 2.24) is 18.8 Å². The van der Waals surface area contributed by atoms with Crippen LogP contribution in [0, 0.1) is 12.7 Å². The molecule has 0 radical (unpaired) electrons. The SMILES string of the molecule is Cc1ncc(Cn2c(=O)c3cc(S(=O)(=O)NC4(C)CC4)ccc3n(Cc3ccc(F)cc3)c2=O)s1. The maximum atomic E-state index is 13.5. The number of halogens is 1. The molecule has 2 heterocycles. The summed E-state index contributed by atoms with van der Waals surface area (Å²) < 4.78 is 44.5. The van der Waals surface area contributed by atoms with Crippen LogP contribution in [0.3, 0.4) is 0 Å². The first-order valence-corrected chi connectivity index (χ1v) is 13.3. The van der Waals surface area contributed by atoms with E-state index in [-0.39, 0.29) is 23.4 Å². The van der Waals surface area contributed by atoms with Gasteiger partial charge in [0.05, 0.1) is 33.9 Å². The number of hydrogen-bond donors (Lipinski definition) is 1. The first-order valence-electron chi connectivity index (χ1n) is 11.0. The summed E-state index contributed by atoms with van der Waals surface area (Å²) in [6.07, 6.45) is 3.11. The molecule has 1 fully saturated rings. The van der Waals surface area contributed by atoms with Gasteiger partial charge >= 0.3 is 5.69 Å². The summed E-state index contributed by atoms with van der Waals surface area (Å²) in [6.45, 7) is 3.75. The Bertz CT molecular complexity index is 1670. The molecule has 2 aromatic carbocycles. The first kappa shape index (κ1) is 23.6. The molecule has 0 aliphatic heterocycles. The topological polar surface area (TPSA) is 103 Å². The zero-order chi connectivity index (χ0) is 25.0. The molecule has 35 heavy (non-hydrogen) atoms. The molecule has 0 unspecified atom stereocenters. The molecule has 0 amide bonds. The Morgan fingerprint density at radius 2 is 1.80 bits per heavy atom. The van der Waals surface area contributed by atoms with Crippen molar-refractivity contribution in [1.29, 1.82) is 0 Å². The summed E-state index contributed by atoms with van der Waals surface area (Å²) in [5, 5.41) is 0.908. The molecule has 8 nitrogen and oxygen atoms in total. The van der Waals surface area contributed by atoms with Crippen LogP contribution in [0.5, 0.6) is 0 Å². The van der Waals surface area contributed by atoms with E-state index in [1.807, 2.05) is 13.8 Å². The van der Waals surface area contributed by atoms with E-state index in [9.17, 15) is 22.4 Å². The summed E-state index contributed by atoms with van der Waals surface area (Å²) >= 11 is 1.37. The molecule has 5 rings (SSSR count). The molecule has 182 valence electrons. The molecule has 1 N–H and O–H groups in total. The summed E-state index contributed by atoms with van der Waals surface area (Å²) in [5.74, 6) is -0.400. The Morgan fingerprint density at radius 3 is 2.43 bits per heavy atom. The third kappa shape index (κ3) is 4.71. The fraction of sp³-hybridized carbons (Fsp3) is 0.292. The van der Waals surface area contributed by atoms with Crippen molar-refractivity contribution in [2.75, 3.05) is 0 Å². The Morgan fingerprint density at radius 1 is 1.09 bits per heavy atom. The Balaban J connectivity index is 1.69. The second-order valence-electron chi connectivity index (χ2n) is 9.08. The molecule has 11 heteroatoms. The highest BCUT2D eigenvalue weighted by Gasteiger charge is 2.41. The lowest BCUT2D eigenvalue weighted by molar-refractivity contribution is 0.558. The van der Waals surface area contributed by atoms with Crippen molar-refractivity contribution in [3.05, 3.63) is 90.8 Å². The maximum absolute atomic E-state index is 13.5. The van der Waals surface area contributed by atoms with Crippen molar-refractivity contribution in [3.63, 3.8) is 0 Å². The molecule has 0 bridgehead atoms. The van der Waals surface area contributed by atoms with Crippen LogP contribution < -0.4 is 16.0 Å². The summed E-state index contributed by atoms with van der Waals surface area (Å²) in [5.41, 5.74) is -0.635. The number of fused-ring (bicyclic) bond motifs is 1. The number of hydrogen-bond acceptors (Lipinski definition) is 6. The van der Waals surface area contributed by atoms with Gasteiger partial charge in [-0.05, 0) is 62.6 Å². The lowest BCUT2D eigenvalue weighted by Crippen LogP contribution is -2.40. The molecular formula is C24H23FN4O4S2. The maximum Gasteiger partial charge on any atom is 0.332 e. The van der Waals surface area contributed by atoms with Gasteiger partial charge in [0, 0.05) is 16.6 Å². The van der Waals surface area contributed by atoms with E-state index in [1.54, 1.807) is 18.3 Å². The van der Waals surface area contributed by atoms with Crippen molar-refractivity contribution >= 4 is 32.3 Å². The van der Waals surface area contributed by atoms with Crippen LogP contribution in [-0.2, 0) is 23.1 Å². The zero-order valence-electron chi connectivity index (χ0n) is 19.1. The molecule has 2 aromatic heterocycles. The predicted molar refractivity (Wildman–Crippen MR) is 132 cm³/mol. The molecule has 0 atom stereocenters. The van der Waals surface area contributed by atoms with Crippen molar-refractivity contribution in [2.45, 2.75) is 50.2 Å². The number of nitrogens with zero attached hydrogens (tertiary/aromatic N) is 3. The standard InChI is InChI=1S/C24H23FN4O4S2/c1-15-26-12-18(34-15)14-29-22(30)20-11-19(35(32,33)27-24(2)9-10-24)7-8-21(20)28(23(29)31)13-16-3-5-17(25)6-4-16/h3-8,11-12,27H,9-10,13-14H2,1-2H3. The summed E-state index contributed by atoms with van der Waals surface area (Å²) in [4.78, 5) is 31.8. The number of benzene rings is 2. The highest BCUT2D eigenvalue weighted by molar-refractivity contribution is 7.89. The Kier molecular flexibility index (Phi) is 5.73. The van der Waals surface area contributed by atoms with Crippen LogP contribution in [0.4, 0.5) is 4.39 Å². The highest BCUT2D eigenvalue weighted by Crippen LogP contribution is 2.36. The second kappa shape index (κ2) is 8.51. The normalized spacial score (nSPS) is 14.9. The fourth-order valence-corrected chi connectivity index (χ4v) is 6.22. The predicted octanol–water partition coefficient (Wildman–Crippen LogP) is 2.99. The van der Waals surface area contributed by atoms with Gasteiger partial charge in [-0.15, -0.1) is 11.3 Å². The van der Waals surface area contributed by atoms with Gasteiger partial charge in [-0.3, -0.25) is 13.9 Å². The van der Waals surface area contributed by atoms with Gasteiger partial charge in [0.1, 0.15) is 5.82 Å². The summed E-state index contributed by atoms with van der Waals surface area (Å²) in [6, 6.07) is 9.92. The van der Waals surface area contributed by atoms with E-state index < -0.39 is 32.6 Å². The fourth-order valence-electron chi connectivity index (χ4n) is 3.94. The van der Waals surface area contributed by atoms with Gasteiger partial charge in [0.25, 0.3) is 5.56 Å². The molecular weight excluding hydrogens is 491 g/mol. The van der Waals surface area contributed by atoms with Crippen molar-refractivity contribution < 1.29 is 12.8 Å². The van der Waals surface area contributed by atoms with Gasteiger partial charge in [-0.2, -0.15) is 0 Å². The lowest BCUT2D eigenvalue weighted by Gasteiger charge is -2.16. The molecule has 4 aromatic rings.